The normalized spacial score (nSPS) is 24.1. The van der Waals surface area contributed by atoms with Crippen LogP contribution in [-0.4, -0.2) is 23.8 Å². The Kier molecular flexibility index (Phi) is 4.01. The minimum atomic E-state index is -0.149. The third kappa shape index (κ3) is 2.69. The Balaban J connectivity index is 1.82. The second-order valence-corrected chi connectivity index (χ2v) is 5.41. The highest BCUT2D eigenvalue weighted by Crippen LogP contribution is 2.34. The maximum atomic E-state index is 9.16. The number of nitrogens with zero attached hydrogens (tertiary/aromatic N) is 1. The van der Waals surface area contributed by atoms with E-state index in [0.717, 1.165) is 0 Å². The number of nitrogens with one attached hydrogen (secondary N) is 1. The molecule has 3 atom stereocenters. The van der Waals surface area contributed by atoms with Crippen LogP contribution in [-0.2, 0) is 0 Å². The fraction of sp³-hybridized carbons (Fsp3) is 0.278. The van der Waals surface area contributed by atoms with Crippen molar-refractivity contribution in [2.75, 3.05) is 6.61 Å². The van der Waals surface area contributed by atoms with Crippen LogP contribution in [0.3, 0.4) is 0 Å². The van der Waals surface area contributed by atoms with Gasteiger partial charge in [0, 0.05) is 18.6 Å². The predicted octanol–water partition coefficient (Wildman–Crippen LogP) is 2.68. The Morgan fingerprint density at radius 2 is 1.67 bits per heavy atom. The van der Waals surface area contributed by atoms with E-state index in [2.05, 4.69) is 47.8 Å². The fourth-order valence-electron chi connectivity index (χ4n) is 3.02. The van der Waals surface area contributed by atoms with Gasteiger partial charge in [-0.1, -0.05) is 54.6 Å². The molecule has 0 amide bonds. The molecule has 1 heterocycles. The van der Waals surface area contributed by atoms with E-state index in [-0.39, 0.29) is 24.6 Å². The van der Waals surface area contributed by atoms with E-state index in [1.807, 2.05) is 18.2 Å². The minimum Gasteiger partial charge on any atom is -0.396 e. The van der Waals surface area contributed by atoms with E-state index < -0.39 is 0 Å². The molecule has 0 saturated carbocycles. The van der Waals surface area contributed by atoms with Crippen molar-refractivity contribution in [2.45, 2.75) is 24.4 Å². The third-order valence-electron chi connectivity index (χ3n) is 4.17. The summed E-state index contributed by atoms with van der Waals surface area (Å²) in [7, 11) is 0. The number of aliphatic hydroxyl groups excluding tert-OH is 1. The summed E-state index contributed by atoms with van der Waals surface area (Å²) >= 11 is 0. The molecule has 0 spiro atoms. The summed E-state index contributed by atoms with van der Waals surface area (Å²) in [6, 6.07) is 21.0. The molecule has 1 fully saturated rings. The first-order valence-corrected chi connectivity index (χ1v) is 7.25. The van der Waals surface area contributed by atoms with Crippen LogP contribution in [0, 0.1) is 11.3 Å². The summed E-state index contributed by atoms with van der Waals surface area (Å²) in [6.07, 6.45) is 0.684. The van der Waals surface area contributed by atoms with Crippen molar-refractivity contribution >= 4 is 0 Å². The molecular weight excluding hydrogens is 260 g/mol. The van der Waals surface area contributed by atoms with Gasteiger partial charge in [0.05, 0.1) is 6.07 Å². The average molecular weight is 278 g/mol. The zero-order valence-corrected chi connectivity index (χ0v) is 11.7. The van der Waals surface area contributed by atoms with Crippen LogP contribution in [0.4, 0.5) is 0 Å². The van der Waals surface area contributed by atoms with Gasteiger partial charge in [-0.25, -0.2) is 0 Å². The zero-order chi connectivity index (χ0) is 14.7. The summed E-state index contributed by atoms with van der Waals surface area (Å²) in [5.74, 6) is 0.173. The number of aliphatic hydroxyl groups is 1. The maximum absolute atomic E-state index is 9.16. The van der Waals surface area contributed by atoms with Gasteiger partial charge in [-0.3, -0.25) is 5.32 Å². The first-order valence-electron chi connectivity index (χ1n) is 7.25. The van der Waals surface area contributed by atoms with Gasteiger partial charge in [0.1, 0.15) is 6.04 Å². The first-order chi connectivity index (χ1) is 10.3. The molecule has 2 aromatic carbocycles. The molecule has 0 radical (unpaired) electrons. The summed E-state index contributed by atoms with van der Waals surface area (Å²) in [6.45, 7) is 0.147. The predicted molar refractivity (Wildman–Crippen MR) is 82.6 cm³/mol. The van der Waals surface area contributed by atoms with Crippen LogP contribution >= 0.6 is 0 Å². The lowest BCUT2D eigenvalue weighted by Crippen LogP contribution is -2.59. The minimum absolute atomic E-state index is 0.147. The summed E-state index contributed by atoms with van der Waals surface area (Å²) in [5.41, 5.74) is 3.54. The van der Waals surface area contributed by atoms with E-state index in [0.29, 0.717) is 6.42 Å². The lowest BCUT2D eigenvalue weighted by molar-refractivity contribution is 0.190. The van der Waals surface area contributed by atoms with Crippen molar-refractivity contribution in [3.63, 3.8) is 0 Å². The van der Waals surface area contributed by atoms with Crippen molar-refractivity contribution in [3.05, 3.63) is 60.2 Å². The van der Waals surface area contributed by atoms with Crippen molar-refractivity contribution in [3.8, 4) is 17.2 Å². The van der Waals surface area contributed by atoms with Crippen molar-refractivity contribution < 1.29 is 5.11 Å². The largest absolute Gasteiger partial charge is 0.396 e. The van der Waals surface area contributed by atoms with Gasteiger partial charge in [0.15, 0.2) is 0 Å². The number of hydrogen-bond acceptors (Lipinski definition) is 3. The van der Waals surface area contributed by atoms with Crippen LogP contribution in [0.25, 0.3) is 11.1 Å². The van der Waals surface area contributed by atoms with Crippen molar-refractivity contribution in [1.82, 2.24) is 5.32 Å². The van der Waals surface area contributed by atoms with E-state index in [9.17, 15) is 0 Å². The molecule has 2 N–H and O–H groups in total. The zero-order valence-electron chi connectivity index (χ0n) is 11.7. The van der Waals surface area contributed by atoms with E-state index in [1.54, 1.807) is 0 Å². The van der Waals surface area contributed by atoms with E-state index in [4.69, 9.17) is 10.4 Å². The summed E-state index contributed by atoms with van der Waals surface area (Å²) in [4.78, 5) is 0. The molecule has 21 heavy (non-hydrogen) atoms. The quantitative estimate of drug-likeness (QED) is 0.904. The lowest BCUT2D eigenvalue weighted by Gasteiger charge is -2.42. The van der Waals surface area contributed by atoms with Crippen molar-refractivity contribution in [2.24, 2.45) is 0 Å². The van der Waals surface area contributed by atoms with Gasteiger partial charge in [-0.15, -0.1) is 0 Å². The molecule has 1 aliphatic heterocycles. The summed E-state index contributed by atoms with van der Waals surface area (Å²) < 4.78 is 0. The Labute approximate surface area is 124 Å². The van der Waals surface area contributed by atoms with Gasteiger partial charge < -0.3 is 5.11 Å². The highest BCUT2D eigenvalue weighted by molar-refractivity contribution is 5.63. The van der Waals surface area contributed by atoms with Crippen LogP contribution < -0.4 is 5.32 Å². The molecule has 1 aliphatic rings. The molecular formula is C18H18N2O. The Morgan fingerprint density at radius 3 is 2.29 bits per heavy atom. The number of hydrogen-bond donors (Lipinski definition) is 2. The van der Waals surface area contributed by atoms with Gasteiger partial charge in [0.2, 0.25) is 0 Å². The van der Waals surface area contributed by atoms with E-state index in [1.165, 1.54) is 16.7 Å². The Morgan fingerprint density at radius 1 is 1.00 bits per heavy atom. The van der Waals surface area contributed by atoms with E-state index >= 15 is 0 Å². The highest BCUT2D eigenvalue weighted by Gasteiger charge is 2.40. The molecule has 0 bridgehead atoms. The van der Waals surface area contributed by atoms with Crippen LogP contribution in [0.2, 0.25) is 0 Å². The highest BCUT2D eigenvalue weighted by atomic mass is 16.3. The molecule has 1 saturated heterocycles. The van der Waals surface area contributed by atoms with Crippen molar-refractivity contribution in [1.29, 1.82) is 5.26 Å². The molecule has 2 aromatic rings. The second kappa shape index (κ2) is 6.09. The fourth-order valence-corrected chi connectivity index (χ4v) is 3.02. The number of rotatable bonds is 4. The van der Waals surface area contributed by atoms with Gasteiger partial charge in [-0.05, 0) is 23.1 Å². The molecule has 0 aromatic heterocycles. The molecule has 0 unspecified atom stereocenters. The maximum Gasteiger partial charge on any atom is 0.104 e. The molecule has 0 aliphatic carbocycles. The monoisotopic (exact) mass is 278 g/mol. The lowest BCUT2D eigenvalue weighted by atomic mass is 9.76. The molecule has 3 heteroatoms. The first kappa shape index (κ1) is 13.8. The third-order valence-corrected chi connectivity index (χ3v) is 4.17. The van der Waals surface area contributed by atoms with Crippen LogP contribution in [0.15, 0.2) is 54.6 Å². The Hall–Kier alpha value is -2.15. The second-order valence-electron chi connectivity index (χ2n) is 5.41. The standard InChI is InChI=1S/C18H18N2O/c19-12-17-18(16(20-17)10-11-21)15-8-6-14(7-9-15)13-4-2-1-3-5-13/h1-9,16-18,20-21H,10-11H2/t16-,17+,18-/m0/s1. The molecule has 3 rings (SSSR count). The van der Waals surface area contributed by atoms with Crippen LogP contribution in [0.5, 0.6) is 0 Å². The van der Waals surface area contributed by atoms with Crippen LogP contribution in [0.1, 0.15) is 17.9 Å². The number of benzene rings is 2. The SMILES string of the molecule is N#C[C@H]1N[C@@H](CCO)[C@@H]1c1ccc(-c2ccccc2)cc1. The summed E-state index contributed by atoms with van der Waals surface area (Å²) in [5, 5.41) is 21.5. The average Bonchev–Trinajstić information content (AvgIpc) is 2.52. The smallest absolute Gasteiger partial charge is 0.104 e. The number of nitriles is 1. The Bertz CT molecular complexity index is 631. The topological polar surface area (TPSA) is 56.0 Å². The van der Waals surface area contributed by atoms with Gasteiger partial charge in [-0.2, -0.15) is 5.26 Å². The molecule has 3 nitrogen and oxygen atoms in total. The van der Waals surface area contributed by atoms with Gasteiger partial charge in [0.25, 0.3) is 0 Å². The molecule has 106 valence electrons. The van der Waals surface area contributed by atoms with Gasteiger partial charge >= 0.3 is 0 Å².